The number of rotatable bonds is 4. The van der Waals surface area contributed by atoms with E-state index in [2.05, 4.69) is 20.7 Å². The highest BCUT2D eigenvalue weighted by Crippen LogP contribution is 2.21. The minimum Gasteiger partial charge on any atom is -0.352 e. The smallest absolute Gasteiger partial charge is 0.244 e. The summed E-state index contributed by atoms with van der Waals surface area (Å²) in [7, 11) is 0. The fraction of sp³-hybridized carbons (Fsp3) is 0.273. The maximum absolute atomic E-state index is 12.0. The Hall–Kier alpha value is -2.24. The highest BCUT2D eigenvalue weighted by atomic mass is 35.5. The third kappa shape index (κ3) is 2.96. The van der Waals surface area contributed by atoms with E-state index < -0.39 is 18.0 Å². The van der Waals surface area contributed by atoms with E-state index in [1.54, 1.807) is 24.3 Å². The molecule has 1 aliphatic rings. The molecule has 0 spiro atoms. The summed E-state index contributed by atoms with van der Waals surface area (Å²) in [5.74, 6) is -0.779. The lowest BCUT2D eigenvalue weighted by Gasteiger charge is -2.27. The number of benzene rings is 1. The van der Waals surface area contributed by atoms with Crippen molar-refractivity contribution in [2.75, 3.05) is 6.54 Å². The van der Waals surface area contributed by atoms with E-state index in [-0.39, 0.29) is 5.91 Å². The Balaban J connectivity index is 2.17. The van der Waals surface area contributed by atoms with E-state index >= 15 is 0 Å². The van der Waals surface area contributed by atoms with E-state index in [0.717, 1.165) is 0 Å². The Morgan fingerprint density at radius 3 is 2.95 bits per heavy atom. The summed E-state index contributed by atoms with van der Waals surface area (Å²) < 4.78 is 0. The molecular formula is C11H10ClN5O2. The second kappa shape index (κ2) is 5.60. The third-order valence-corrected chi connectivity index (χ3v) is 2.93. The zero-order valence-corrected chi connectivity index (χ0v) is 10.5. The van der Waals surface area contributed by atoms with Gasteiger partial charge in [-0.1, -0.05) is 28.8 Å². The van der Waals surface area contributed by atoms with E-state index in [1.165, 1.54) is 0 Å². The molecule has 19 heavy (non-hydrogen) atoms. The maximum Gasteiger partial charge on any atom is 0.244 e. The van der Waals surface area contributed by atoms with Crippen LogP contribution in [0.25, 0.3) is 10.4 Å². The standard InChI is InChI=1S/C11H10ClN5O2/c12-7-3-1-2-6(4-7)9(16-17-13)11(19)15-8-5-14-10(8)18/h1-4,8-9H,5H2,(H,14,18)(H,15,19). The normalized spacial score (nSPS) is 18.6. The van der Waals surface area contributed by atoms with E-state index in [4.69, 9.17) is 17.1 Å². The summed E-state index contributed by atoms with van der Waals surface area (Å²) in [5.41, 5.74) is 9.01. The molecule has 1 aliphatic heterocycles. The topological polar surface area (TPSA) is 107 Å². The molecule has 0 aliphatic carbocycles. The first-order valence-electron chi connectivity index (χ1n) is 5.49. The van der Waals surface area contributed by atoms with E-state index in [0.29, 0.717) is 17.1 Å². The lowest BCUT2D eigenvalue weighted by molar-refractivity contribution is -0.133. The number of amides is 2. The molecule has 98 valence electrons. The molecule has 2 atom stereocenters. The lowest BCUT2D eigenvalue weighted by Crippen LogP contribution is -2.62. The van der Waals surface area contributed by atoms with Gasteiger partial charge in [-0.15, -0.1) is 0 Å². The van der Waals surface area contributed by atoms with Gasteiger partial charge in [0.15, 0.2) is 0 Å². The van der Waals surface area contributed by atoms with Gasteiger partial charge in [-0.3, -0.25) is 9.59 Å². The van der Waals surface area contributed by atoms with Gasteiger partial charge < -0.3 is 10.6 Å². The summed E-state index contributed by atoms with van der Waals surface area (Å²) in [5, 5.41) is 8.90. The summed E-state index contributed by atoms with van der Waals surface area (Å²) in [6.45, 7) is 0.378. The molecule has 1 fully saturated rings. The van der Waals surface area contributed by atoms with Gasteiger partial charge in [-0.25, -0.2) is 0 Å². The average molecular weight is 280 g/mol. The Bertz CT molecular complexity index is 570. The Kier molecular flexibility index (Phi) is 3.89. The van der Waals surface area contributed by atoms with Crippen molar-refractivity contribution in [2.24, 2.45) is 5.11 Å². The summed E-state index contributed by atoms with van der Waals surface area (Å²) in [4.78, 5) is 25.7. The number of nitrogens with one attached hydrogen (secondary N) is 2. The number of nitrogens with zero attached hydrogens (tertiary/aromatic N) is 3. The van der Waals surface area contributed by atoms with Crippen LogP contribution in [0.5, 0.6) is 0 Å². The van der Waals surface area contributed by atoms with Gasteiger partial charge in [0.05, 0.1) is 0 Å². The molecule has 1 heterocycles. The Morgan fingerprint density at radius 2 is 2.42 bits per heavy atom. The first-order valence-corrected chi connectivity index (χ1v) is 5.87. The Labute approximate surface area is 113 Å². The fourth-order valence-corrected chi connectivity index (χ4v) is 1.85. The number of carbonyl (C=O) groups excluding carboxylic acids is 2. The van der Waals surface area contributed by atoms with Crippen LogP contribution in [0.2, 0.25) is 5.02 Å². The first kappa shape index (κ1) is 13.2. The second-order valence-corrected chi connectivity index (χ2v) is 4.41. The van der Waals surface area contributed by atoms with Crippen molar-refractivity contribution in [3.05, 3.63) is 45.3 Å². The first-order chi connectivity index (χ1) is 9.11. The van der Waals surface area contributed by atoms with Crippen LogP contribution in [0.3, 0.4) is 0 Å². The van der Waals surface area contributed by atoms with Gasteiger partial charge in [0, 0.05) is 16.5 Å². The largest absolute Gasteiger partial charge is 0.352 e. The van der Waals surface area contributed by atoms with E-state index in [9.17, 15) is 9.59 Å². The van der Waals surface area contributed by atoms with Crippen molar-refractivity contribution in [3.63, 3.8) is 0 Å². The quantitative estimate of drug-likeness (QED) is 0.375. The molecular weight excluding hydrogens is 270 g/mol. The van der Waals surface area contributed by atoms with Crippen LogP contribution < -0.4 is 10.6 Å². The predicted octanol–water partition coefficient (Wildman–Crippen LogP) is 1.31. The highest BCUT2D eigenvalue weighted by molar-refractivity contribution is 6.30. The van der Waals surface area contributed by atoms with Gasteiger partial charge in [0.25, 0.3) is 0 Å². The molecule has 0 aromatic heterocycles. The van der Waals surface area contributed by atoms with Crippen LogP contribution in [0.15, 0.2) is 29.4 Å². The van der Waals surface area contributed by atoms with Gasteiger partial charge >= 0.3 is 0 Å². The fourth-order valence-electron chi connectivity index (χ4n) is 1.65. The van der Waals surface area contributed by atoms with Crippen LogP contribution >= 0.6 is 11.6 Å². The zero-order valence-electron chi connectivity index (χ0n) is 9.71. The minimum atomic E-state index is -1.04. The van der Waals surface area contributed by atoms with Crippen LogP contribution in [0.1, 0.15) is 11.6 Å². The van der Waals surface area contributed by atoms with Crippen LogP contribution in [-0.2, 0) is 9.59 Å². The highest BCUT2D eigenvalue weighted by Gasteiger charge is 2.31. The van der Waals surface area contributed by atoms with Crippen molar-refractivity contribution in [1.82, 2.24) is 10.6 Å². The number of hydrogen-bond donors (Lipinski definition) is 2. The molecule has 0 radical (unpaired) electrons. The average Bonchev–Trinajstić information content (AvgIpc) is 2.40. The molecule has 1 aromatic rings. The van der Waals surface area contributed by atoms with Crippen molar-refractivity contribution < 1.29 is 9.59 Å². The molecule has 2 amide bonds. The number of azide groups is 1. The molecule has 1 aromatic carbocycles. The van der Waals surface area contributed by atoms with Crippen molar-refractivity contribution in [2.45, 2.75) is 12.1 Å². The maximum atomic E-state index is 12.0. The van der Waals surface area contributed by atoms with Gasteiger partial charge in [0.1, 0.15) is 12.1 Å². The predicted molar refractivity (Wildman–Crippen MR) is 68.3 cm³/mol. The molecule has 2 rings (SSSR count). The molecule has 1 saturated heterocycles. The monoisotopic (exact) mass is 279 g/mol. The van der Waals surface area contributed by atoms with Gasteiger partial charge in [-0.05, 0) is 23.2 Å². The number of halogens is 1. The molecule has 2 N–H and O–H groups in total. The molecule has 0 saturated carbocycles. The summed E-state index contributed by atoms with van der Waals surface area (Å²) in [6.07, 6.45) is 0. The SMILES string of the molecule is [N-]=[N+]=NC(C(=O)NC1CNC1=O)c1cccc(Cl)c1. The lowest BCUT2D eigenvalue weighted by atomic mass is 10.1. The number of β-lactam (4-membered cyclic amide) rings is 1. The van der Waals surface area contributed by atoms with Crippen LogP contribution in [-0.4, -0.2) is 24.4 Å². The zero-order chi connectivity index (χ0) is 13.8. The van der Waals surface area contributed by atoms with Crippen molar-refractivity contribution in [3.8, 4) is 0 Å². The van der Waals surface area contributed by atoms with Crippen molar-refractivity contribution >= 4 is 23.4 Å². The number of carbonyl (C=O) groups is 2. The molecule has 7 nitrogen and oxygen atoms in total. The Morgan fingerprint density at radius 1 is 1.63 bits per heavy atom. The second-order valence-electron chi connectivity index (χ2n) is 3.97. The van der Waals surface area contributed by atoms with Gasteiger partial charge in [-0.2, -0.15) is 0 Å². The van der Waals surface area contributed by atoms with Crippen LogP contribution in [0.4, 0.5) is 0 Å². The minimum absolute atomic E-state index is 0.251. The number of hydrogen-bond acceptors (Lipinski definition) is 3. The van der Waals surface area contributed by atoms with Gasteiger partial charge in [0.2, 0.25) is 11.8 Å². The van der Waals surface area contributed by atoms with Crippen LogP contribution in [0, 0.1) is 0 Å². The molecule has 0 bridgehead atoms. The van der Waals surface area contributed by atoms with E-state index in [1.807, 2.05) is 0 Å². The summed E-state index contributed by atoms with van der Waals surface area (Å²) in [6, 6.07) is 4.86. The summed E-state index contributed by atoms with van der Waals surface area (Å²) >= 11 is 5.83. The molecule has 2 unspecified atom stereocenters. The van der Waals surface area contributed by atoms with Crippen molar-refractivity contribution in [1.29, 1.82) is 0 Å². The third-order valence-electron chi connectivity index (χ3n) is 2.69. The molecule has 8 heteroatoms.